The van der Waals surface area contributed by atoms with E-state index in [9.17, 15) is 13.2 Å². The van der Waals surface area contributed by atoms with Crippen LogP contribution in [0.15, 0.2) is 16.7 Å². The van der Waals surface area contributed by atoms with Crippen molar-refractivity contribution in [3.05, 3.63) is 22.3 Å². The van der Waals surface area contributed by atoms with Crippen LogP contribution < -0.4 is 4.74 Å². The SMILES string of the molecule is OCc1cnc(OCC(F)(F)F)c(Br)c1. The molecule has 15 heavy (non-hydrogen) atoms. The van der Waals surface area contributed by atoms with E-state index in [1.165, 1.54) is 12.3 Å². The topological polar surface area (TPSA) is 42.4 Å². The molecule has 0 saturated carbocycles. The average molecular weight is 286 g/mol. The molecule has 1 aromatic rings. The highest BCUT2D eigenvalue weighted by Gasteiger charge is 2.29. The third kappa shape index (κ3) is 4.05. The summed E-state index contributed by atoms with van der Waals surface area (Å²) in [4.78, 5) is 3.62. The molecule has 7 heteroatoms. The van der Waals surface area contributed by atoms with Crippen LogP contribution in [-0.2, 0) is 6.61 Å². The molecule has 0 fully saturated rings. The number of rotatable bonds is 3. The zero-order valence-electron chi connectivity index (χ0n) is 7.38. The van der Waals surface area contributed by atoms with Crippen molar-refractivity contribution in [3.63, 3.8) is 0 Å². The molecule has 0 aliphatic heterocycles. The first-order chi connectivity index (χ1) is 6.92. The Morgan fingerprint density at radius 3 is 2.60 bits per heavy atom. The van der Waals surface area contributed by atoms with E-state index in [1.807, 2.05) is 0 Å². The third-order valence-corrected chi connectivity index (χ3v) is 1.99. The van der Waals surface area contributed by atoms with E-state index in [0.717, 1.165) is 0 Å². The van der Waals surface area contributed by atoms with Gasteiger partial charge in [0.25, 0.3) is 0 Å². The van der Waals surface area contributed by atoms with Gasteiger partial charge in [0.2, 0.25) is 5.88 Å². The molecule has 1 aromatic heterocycles. The van der Waals surface area contributed by atoms with Crippen LogP contribution in [0.4, 0.5) is 13.2 Å². The molecule has 0 spiro atoms. The maximum absolute atomic E-state index is 11.8. The molecule has 0 aromatic carbocycles. The van der Waals surface area contributed by atoms with Gasteiger partial charge >= 0.3 is 6.18 Å². The largest absolute Gasteiger partial charge is 0.467 e. The second kappa shape index (κ2) is 4.80. The monoisotopic (exact) mass is 285 g/mol. The minimum absolute atomic E-state index is 0.149. The lowest BCUT2D eigenvalue weighted by Gasteiger charge is -2.09. The second-order valence-corrected chi connectivity index (χ2v) is 3.55. The maximum Gasteiger partial charge on any atom is 0.422 e. The molecule has 1 rings (SSSR count). The number of hydrogen-bond donors (Lipinski definition) is 1. The molecule has 0 unspecified atom stereocenters. The number of ether oxygens (including phenoxy) is 1. The Hall–Kier alpha value is -0.820. The van der Waals surface area contributed by atoms with Crippen molar-refractivity contribution in [1.82, 2.24) is 4.98 Å². The van der Waals surface area contributed by atoms with Crippen LogP contribution in [0.2, 0.25) is 0 Å². The number of aromatic nitrogens is 1. The fourth-order valence-electron chi connectivity index (χ4n) is 0.808. The van der Waals surface area contributed by atoms with E-state index < -0.39 is 12.8 Å². The standard InChI is InChI=1S/C8H7BrF3NO2/c9-6-1-5(3-14)2-13-7(6)15-4-8(10,11)12/h1-2,14H,3-4H2. The van der Waals surface area contributed by atoms with Gasteiger partial charge in [-0.25, -0.2) is 4.98 Å². The Balaban J connectivity index is 2.70. The molecule has 0 aliphatic rings. The summed E-state index contributed by atoms with van der Waals surface area (Å²) < 4.78 is 40.1. The molecule has 3 nitrogen and oxygen atoms in total. The van der Waals surface area contributed by atoms with Crippen molar-refractivity contribution in [2.45, 2.75) is 12.8 Å². The molecule has 1 heterocycles. The molecule has 0 amide bonds. The Morgan fingerprint density at radius 1 is 1.47 bits per heavy atom. The summed E-state index contributed by atoms with van der Waals surface area (Å²) in [5, 5.41) is 8.73. The molecule has 0 aliphatic carbocycles. The first-order valence-electron chi connectivity index (χ1n) is 3.87. The van der Waals surface area contributed by atoms with Crippen LogP contribution in [-0.4, -0.2) is 22.9 Å². The normalized spacial score (nSPS) is 11.5. The number of hydrogen-bond acceptors (Lipinski definition) is 3. The van der Waals surface area contributed by atoms with Gasteiger partial charge in [-0.1, -0.05) is 0 Å². The smallest absolute Gasteiger partial charge is 0.422 e. The van der Waals surface area contributed by atoms with E-state index in [1.54, 1.807) is 0 Å². The number of nitrogens with zero attached hydrogens (tertiary/aromatic N) is 1. The predicted octanol–water partition coefficient (Wildman–Crippen LogP) is 2.28. The van der Waals surface area contributed by atoms with Crippen molar-refractivity contribution in [2.24, 2.45) is 0 Å². The number of halogens is 4. The van der Waals surface area contributed by atoms with Crippen LogP contribution >= 0.6 is 15.9 Å². The Morgan fingerprint density at radius 2 is 2.13 bits per heavy atom. The van der Waals surface area contributed by atoms with Gasteiger partial charge in [-0.3, -0.25) is 0 Å². The second-order valence-electron chi connectivity index (χ2n) is 2.69. The molecule has 0 saturated heterocycles. The fourth-order valence-corrected chi connectivity index (χ4v) is 1.32. The molecule has 0 atom stereocenters. The van der Waals surface area contributed by atoms with Crippen LogP contribution in [0.1, 0.15) is 5.56 Å². The summed E-state index contributed by atoms with van der Waals surface area (Å²) in [6, 6.07) is 1.44. The lowest BCUT2D eigenvalue weighted by molar-refractivity contribution is -0.154. The van der Waals surface area contributed by atoms with Crippen molar-refractivity contribution < 1.29 is 23.0 Å². The quantitative estimate of drug-likeness (QED) is 0.927. The first-order valence-corrected chi connectivity index (χ1v) is 4.66. The highest BCUT2D eigenvalue weighted by molar-refractivity contribution is 9.10. The first kappa shape index (κ1) is 12.3. The van der Waals surface area contributed by atoms with Crippen LogP contribution in [0.3, 0.4) is 0 Å². The van der Waals surface area contributed by atoms with E-state index in [4.69, 9.17) is 5.11 Å². The van der Waals surface area contributed by atoms with E-state index >= 15 is 0 Å². The molecular formula is C8H7BrF3NO2. The highest BCUT2D eigenvalue weighted by atomic mass is 79.9. The molecule has 84 valence electrons. The maximum atomic E-state index is 11.8. The number of aliphatic hydroxyl groups excluding tert-OH is 1. The van der Waals surface area contributed by atoms with Crippen LogP contribution in [0.25, 0.3) is 0 Å². The predicted molar refractivity (Wildman–Crippen MR) is 49.4 cm³/mol. The van der Waals surface area contributed by atoms with Gasteiger partial charge in [-0.05, 0) is 27.6 Å². The molecule has 0 bridgehead atoms. The van der Waals surface area contributed by atoms with Crippen molar-refractivity contribution >= 4 is 15.9 Å². The average Bonchev–Trinajstić information content (AvgIpc) is 2.14. The Labute approximate surface area is 92.0 Å². The van der Waals surface area contributed by atoms with Gasteiger partial charge in [0.15, 0.2) is 6.61 Å². The lowest BCUT2D eigenvalue weighted by atomic mass is 10.3. The summed E-state index contributed by atoms with van der Waals surface area (Å²) in [5.41, 5.74) is 0.487. The summed E-state index contributed by atoms with van der Waals surface area (Å²) in [6.45, 7) is -1.62. The van der Waals surface area contributed by atoms with Gasteiger partial charge in [0.1, 0.15) is 0 Å². The van der Waals surface area contributed by atoms with Crippen molar-refractivity contribution in [1.29, 1.82) is 0 Å². The summed E-state index contributed by atoms with van der Waals surface area (Å²) in [6.07, 6.45) is -3.15. The number of alkyl halides is 3. The van der Waals surface area contributed by atoms with Crippen molar-refractivity contribution in [3.8, 4) is 5.88 Å². The van der Waals surface area contributed by atoms with E-state index in [0.29, 0.717) is 5.56 Å². The number of pyridine rings is 1. The number of aliphatic hydroxyl groups is 1. The van der Waals surface area contributed by atoms with Gasteiger partial charge in [0, 0.05) is 6.20 Å². The molecule has 0 radical (unpaired) electrons. The summed E-state index contributed by atoms with van der Waals surface area (Å²) >= 11 is 2.99. The van der Waals surface area contributed by atoms with Crippen molar-refractivity contribution in [2.75, 3.05) is 6.61 Å². The lowest BCUT2D eigenvalue weighted by Crippen LogP contribution is -2.19. The van der Waals surface area contributed by atoms with Gasteiger partial charge in [0.05, 0.1) is 11.1 Å². The Bertz CT molecular complexity index is 343. The fraction of sp³-hybridized carbons (Fsp3) is 0.375. The van der Waals surface area contributed by atoms with Gasteiger partial charge in [-0.15, -0.1) is 0 Å². The Kier molecular flexibility index (Phi) is 3.92. The summed E-state index contributed by atoms with van der Waals surface area (Å²) in [7, 11) is 0. The molecular weight excluding hydrogens is 279 g/mol. The molecule has 1 N–H and O–H groups in total. The van der Waals surface area contributed by atoms with E-state index in [2.05, 4.69) is 25.7 Å². The highest BCUT2D eigenvalue weighted by Crippen LogP contribution is 2.25. The van der Waals surface area contributed by atoms with Gasteiger partial charge < -0.3 is 9.84 Å². The zero-order valence-corrected chi connectivity index (χ0v) is 8.97. The van der Waals surface area contributed by atoms with Crippen LogP contribution in [0.5, 0.6) is 5.88 Å². The minimum Gasteiger partial charge on any atom is -0.467 e. The van der Waals surface area contributed by atoms with Gasteiger partial charge in [-0.2, -0.15) is 13.2 Å². The zero-order chi connectivity index (χ0) is 11.5. The van der Waals surface area contributed by atoms with Crippen LogP contribution in [0, 0.1) is 0 Å². The third-order valence-electron chi connectivity index (χ3n) is 1.42. The minimum atomic E-state index is -4.39. The van der Waals surface area contributed by atoms with E-state index in [-0.39, 0.29) is 17.0 Å². The summed E-state index contributed by atoms with van der Waals surface area (Å²) in [5.74, 6) is -0.149.